The molecule has 1 aliphatic carbocycles. The summed E-state index contributed by atoms with van der Waals surface area (Å²) >= 11 is 0. The summed E-state index contributed by atoms with van der Waals surface area (Å²) in [6, 6.07) is 14.4. The molecule has 31 heavy (non-hydrogen) atoms. The van der Waals surface area contributed by atoms with Crippen LogP contribution in [0, 0.1) is 11.6 Å². The van der Waals surface area contributed by atoms with Gasteiger partial charge in [-0.05, 0) is 48.2 Å². The Morgan fingerprint density at radius 1 is 0.903 bits per heavy atom. The molecule has 160 valence electrons. The molecular weight excluding hydrogens is 400 g/mol. The molecule has 0 N–H and O–H groups in total. The Kier molecular flexibility index (Phi) is 5.28. The zero-order chi connectivity index (χ0) is 21.4. The van der Waals surface area contributed by atoms with Crippen molar-refractivity contribution in [2.45, 2.75) is 24.8 Å². The molecule has 0 unspecified atom stereocenters. The summed E-state index contributed by atoms with van der Waals surface area (Å²) in [6.07, 6.45) is 2.19. The summed E-state index contributed by atoms with van der Waals surface area (Å²) in [5.41, 5.74) is 2.22. The first-order valence-corrected chi connectivity index (χ1v) is 10.6. The zero-order valence-electron chi connectivity index (χ0n) is 17.0. The van der Waals surface area contributed by atoms with Crippen molar-refractivity contribution in [2.75, 3.05) is 26.2 Å². The summed E-state index contributed by atoms with van der Waals surface area (Å²) in [5.74, 6) is 0.508. The van der Waals surface area contributed by atoms with Gasteiger partial charge in [-0.2, -0.15) is 0 Å². The molecule has 0 radical (unpaired) electrons. The van der Waals surface area contributed by atoms with Gasteiger partial charge in [0.1, 0.15) is 17.4 Å². The molecule has 2 heterocycles. The second kappa shape index (κ2) is 8.23. The van der Waals surface area contributed by atoms with Gasteiger partial charge >= 0.3 is 0 Å². The van der Waals surface area contributed by atoms with Gasteiger partial charge in [0.05, 0.1) is 6.04 Å². The number of nitrogens with zero attached hydrogens (tertiary/aromatic N) is 3. The maximum absolute atomic E-state index is 13.5. The molecule has 5 rings (SSSR count). The van der Waals surface area contributed by atoms with Crippen LogP contribution in [0.3, 0.4) is 0 Å². The molecule has 5 nitrogen and oxygen atoms in total. The number of amides is 1. The molecule has 3 aromatic rings. The minimum Gasteiger partial charge on any atom is -0.360 e. The van der Waals surface area contributed by atoms with Crippen LogP contribution in [0.4, 0.5) is 8.78 Å². The lowest BCUT2D eigenvalue weighted by Gasteiger charge is -2.39. The number of piperazine rings is 1. The first kappa shape index (κ1) is 19.9. The van der Waals surface area contributed by atoms with Crippen LogP contribution in [0.1, 0.15) is 52.2 Å². The van der Waals surface area contributed by atoms with Gasteiger partial charge in [0.15, 0.2) is 5.69 Å². The molecule has 0 atom stereocenters. The second-order valence-corrected chi connectivity index (χ2v) is 8.22. The number of carbonyl (C=O) groups excluding carboxylic acids is 1. The predicted molar refractivity (Wildman–Crippen MR) is 111 cm³/mol. The van der Waals surface area contributed by atoms with Gasteiger partial charge in [0, 0.05) is 38.2 Å². The standard InChI is InChI=1S/C24H23F2N3O2/c25-19-7-3-17(4-8-19)23(18-5-9-20(26)10-6-18)28-11-13-29(14-12-28)24(30)21-15-22(31-27-21)16-1-2-16/h3-10,15-16,23H,1-2,11-14H2. The third-order valence-electron chi connectivity index (χ3n) is 6.07. The molecule has 0 bridgehead atoms. The number of benzene rings is 2. The Balaban J connectivity index is 1.32. The summed E-state index contributed by atoms with van der Waals surface area (Å²) < 4.78 is 32.3. The highest BCUT2D eigenvalue weighted by Gasteiger charge is 2.32. The molecule has 1 amide bonds. The van der Waals surface area contributed by atoms with Crippen molar-refractivity contribution < 1.29 is 18.1 Å². The Labute approximate surface area is 179 Å². The predicted octanol–water partition coefficient (Wildman–Crippen LogP) is 4.38. The Hall–Kier alpha value is -3.06. The zero-order valence-corrected chi connectivity index (χ0v) is 17.0. The lowest BCUT2D eigenvalue weighted by molar-refractivity contribution is 0.0587. The number of hydrogen-bond acceptors (Lipinski definition) is 4. The van der Waals surface area contributed by atoms with Crippen LogP contribution in [0.5, 0.6) is 0 Å². The average Bonchev–Trinajstić information content (AvgIpc) is 3.53. The van der Waals surface area contributed by atoms with Crippen molar-refractivity contribution in [1.29, 1.82) is 0 Å². The molecule has 1 aromatic heterocycles. The van der Waals surface area contributed by atoms with E-state index in [9.17, 15) is 13.6 Å². The number of aromatic nitrogens is 1. The minimum absolute atomic E-state index is 0.115. The fourth-order valence-corrected chi connectivity index (χ4v) is 4.20. The van der Waals surface area contributed by atoms with Gasteiger partial charge < -0.3 is 9.42 Å². The number of halogens is 2. The molecule has 1 saturated carbocycles. The van der Waals surface area contributed by atoms with E-state index in [1.807, 2.05) is 0 Å². The second-order valence-electron chi connectivity index (χ2n) is 8.22. The van der Waals surface area contributed by atoms with Crippen LogP contribution in [-0.2, 0) is 0 Å². The number of hydrogen-bond donors (Lipinski definition) is 0. The normalized spacial score (nSPS) is 17.3. The highest BCUT2D eigenvalue weighted by molar-refractivity contribution is 5.92. The van der Waals surface area contributed by atoms with E-state index in [0.29, 0.717) is 37.8 Å². The van der Waals surface area contributed by atoms with E-state index in [2.05, 4.69) is 10.1 Å². The van der Waals surface area contributed by atoms with Crippen molar-refractivity contribution in [3.63, 3.8) is 0 Å². The molecule has 2 aromatic carbocycles. The topological polar surface area (TPSA) is 49.6 Å². The third kappa shape index (κ3) is 4.23. The van der Waals surface area contributed by atoms with Crippen LogP contribution < -0.4 is 0 Å². The molecule has 0 spiro atoms. The summed E-state index contributed by atoms with van der Waals surface area (Å²) in [4.78, 5) is 16.9. The quantitative estimate of drug-likeness (QED) is 0.611. The summed E-state index contributed by atoms with van der Waals surface area (Å²) in [7, 11) is 0. The van der Waals surface area contributed by atoms with Crippen molar-refractivity contribution in [3.8, 4) is 0 Å². The minimum atomic E-state index is -0.296. The van der Waals surface area contributed by atoms with E-state index >= 15 is 0 Å². The van der Waals surface area contributed by atoms with Gasteiger partial charge in [-0.15, -0.1) is 0 Å². The number of rotatable bonds is 5. The van der Waals surface area contributed by atoms with Crippen molar-refractivity contribution in [3.05, 3.63) is 88.8 Å². The van der Waals surface area contributed by atoms with Gasteiger partial charge in [-0.25, -0.2) is 8.78 Å². The van der Waals surface area contributed by atoms with Crippen molar-refractivity contribution in [2.24, 2.45) is 0 Å². The first-order valence-electron chi connectivity index (χ1n) is 10.6. The average molecular weight is 423 g/mol. The van der Waals surface area contributed by atoms with Gasteiger partial charge in [-0.3, -0.25) is 9.69 Å². The highest BCUT2D eigenvalue weighted by Crippen LogP contribution is 2.40. The maximum Gasteiger partial charge on any atom is 0.276 e. The van der Waals surface area contributed by atoms with Gasteiger partial charge in [0.25, 0.3) is 5.91 Å². The van der Waals surface area contributed by atoms with E-state index in [1.165, 1.54) is 24.3 Å². The molecule has 7 heteroatoms. The molecule has 2 fully saturated rings. The fourth-order valence-electron chi connectivity index (χ4n) is 4.20. The van der Waals surface area contributed by atoms with E-state index in [-0.39, 0.29) is 23.6 Å². The Morgan fingerprint density at radius 3 is 1.97 bits per heavy atom. The van der Waals surface area contributed by atoms with Gasteiger partial charge in [0.2, 0.25) is 0 Å². The molecular formula is C24H23F2N3O2. The fraction of sp³-hybridized carbons (Fsp3) is 0.333. The lowest BCUT2D eigenvalue weighted by Crippen LogP contribution is -2.50. The van der Waals surface area contributed by atoms with E-state index in [1.54, 1.807) is 35.2 Å². The van der Waals surface area contributed by atoms with E-state index in [4.69, 9.17) is 4.52 Å². The van der Waals surface area contributed by atoms with E-state index in [0.717, 1.165) is 29.7 Å². The van der Waals surface area contributed by atoms with Crippen LogP contribution in [0.2, 0.25) is 0 Å². The maximum atomic E-state index is 13.5. The third-order valence-corrected chi connectivity index (χ3v) is 6.07. The van der Waals surface area contributed by atoms with Gasteiger partial charge in [-0.1, -0.05) is 29.4 Å². The smallest absolute Gasteiger partial charge is 0.276 e. The monoisotopic (exact) mass is 423 g/mol. The van der Waals surface area contributed by atoms with Crippen LogP contribution in [-0.4, -0.2) is 47.0 Å². The number of carbonyl (C=O) groups is 1. The SMILES string of the molecule is O=C(c1cc(C2CC2)on1)N1CCN(C(c2ccc(F)cc2)c2ccc(F)cc2)CC1. The Morgan fingerprint density at radius 2 is 1.45 bits per heavy atom. The van der Waals surface area contributed by atoms with Crippen molar-refractivity contribution >= 4 is 5.91 Å². The van der Waals surface area contributed by atoms with Crippen LogP contribution in [0.25, 0.3) is 0 Å². The van der Waals surface area contributed by atoms with Crippen molar-refractivity contribution in [1.82, 2.24) is 15.0 Å². The van der Waals surface area contributed by atoms with E-state index < -0.39 is 0 Å². The highest BCUT2D eigenvalue weighted by atomic mass is 19.1. The summed E-state index contributed by atoms with van der Waals surface area (Å²) in [5, 5.41) is 3.97. The summed E-state index contributed by atoms with van der Waals surface area (Å²) in [6.45, 7) is 2.36. The Bertz CT molecular complexity index is 1010. The largest absolute Gasteiger partial charge is 0.360 e. The first-order chi connectivity index (χ1) is 15.1. The van der Waals surface area contributed by atoms with Crippen LogP contribution >= 0.6 is 0 Å². The van der Waals surface area contributed by atoms with Crippen LogP contribution in [0.15, 0.2) is 59.1 Å². The molecule has 1 aliphatic heterocycles. The molecule has 2 aliphatic rings. The lowest BCUT2D eigenvalue weighted by atomic mass is 9.96. The molecule has 1 saturated heterocycles.